The van der Waals surface area contributed by atoms with Gasteiger partial charge in [0.05, 0.1) is 0 Å². The molecule has 0 unspecified atom stereocenters. The van der Waals surface area contributed by atoms with Crippen LogP contribution < -0.4 is 5.32 Å². The van der Waals surface area contributed by atoms with Crippen molar-refractivity contribution < 1.29 is 9.90 Å². The summed E-state index contributed by atoms with van der Waals surface area (Å²) in [6, 6.07) is 15.7. The Labute approximate surface area is 112 Å². The molecule has 0 atom stereocenters. The van der Waals surface area contributed by atoms with Gasteiger partial charge in [-0.05, 0) is 42.3 Å². The molecule has 0 saturated carbocycles. The molecule has 2 aromatic carbocycles. The molecule has 0 aliphatic heterocycles. The molecule has 0 heterocycles. The average molecular weight is 253 g/mol. The lowest BCUT2D eigenvalue weighted by atomic mass is 10.1. The van der Waals surface area contributed by atoms with Crippen molar-refractivity contribution in [3.05, 3.63) is 65.7 Å². The summed E-state index contributed by atoms with van der Waals surface area (Å²) in [7, 11) is 0. The topological polar surface area (TPSA) is 49.3 Å². The van der Waals surface area contributed by atoms with Gasteiger partial charge >= 0.3 is 5.97 Å². The predicted molar refractivity (Wildman–Crippen MR) is 77.6 cm³/mol. The maximum atomic E-state index is 10.4. The minimum absolute atomic E-state index is 0.859. The zero-order valence-electron chi connectivity index (χ0n) is 10.6. The summed E-state index contributed by atoms with van der Waals surface area (Å²) < 4.78 is 0. The highest BCUT2D eigenvalue weighted by molar-refractivity contribution is 5.85. The highest BCUT2D eigenvalue weighted by atomic mass is 16.4. The van der Waals surface area contributed by atoms with Gasteiger partial charge in [-0.2, -0.15) is 0 Å². The second-order valence-corrected chi connectivity index (χ2v) is 4.23. The molecule has 0 aromatic heterocycles. The summed E-state index contributed by atoms with van der Waals surface area (Å²) in [5.74, 6) is -0.942. The van der Waals surface area contributed by atoms with Crippen LogP contribution in [0.4, 0.5) is 11.4 Å². The van der Waals surface area contributed by atoms with Crippen molar-refractivity contribution in [2.24, 2.45) is 0 Å². The van der Waals surface area contributed by atoms with Crippen molar-refractivity contribution in [1.29, 1.82) is 0 Å². The molecule has 0 fully saturated rings. The van der Waals surface area contributed by atoms with Gasteiger partial charge in [0.15, 0.2) is 0 Å². The Hall–Kier alpha value is -2.55. The second kappa shape index (κ2) is 5.87. The van der Waals surface area contributed by atoms with Crippen LogP contribution in [0.5, 0.6) is 0 Å². The fourth-order valence-electron chi connectivity index (χ4n) is 1.71. The number of hydrogen-bond acceptors (Lipinski definition) is 2. The highest BCUT2D eigenvalue weighted by Crippen LogP contribution is 2.20. The first kappa shape index (κ1) is 12.9. The van der Waals surface area contributed by atoms with Crippen LogP contribution >= 0.6 is 0 Å². The van der Waals surface area contributed by atoms with Gasteiger partial charge in [0.25, 0.3) is 0 Å². The van der Waals surface area contributed by atoms with Gasteiger partial charge in [-0.3, -0.25) is 0 Å². The summed E-state index contributed by atoms with van der Waals surface area (Å²) in [4.78, 5) is 10.4. The molecule has 0 radical (unpaired) electrons. The van der Waals surface area contributed by atoms with Crippen LogP contribution in [0.2, 0.25) is 0 Å². The van der Waals surface area contributed by atoms with Gasteiger partial charge in [0, 0.05) is 17.5 Å². The molecule has 0 amide bonds. The number of anilines is 2. The van der Waals surface area contributed by atoms with Crippen molar-refractivity contribution in [2.45, 2.75) is 6.92 Å². The second-order valence-electron chi connectivity index (χ2n) is 4.23. The third-order valence-corrected chi connectivity index (χ3v) is 2.75. The summed E-state index contributed by atoms with van der Waals surface area (Å²) in [6.45, 7) is 2.05. The molecule has 3 nitrogen and oxygen atoms in total. The van der Waals surface area contributed by atoms with E-state index in [2.05, 4.69) is 5.32 Å². The maximum Gasteiger partial charge on any atom is 0.328 e. The number of carboxylic acid groups (broad SMARTS) is 1. The smallest absolute Gasteiger partial charge is 0.328 e. The molecule has 0 bridgehead atoms. The average Bonchev–Trinajstić information content (AvgIpc) is 2.40. The van der Waals surface area contributed by atoms with E-state index in [4.69, 9.17) is 5.11 Å². The van der Waals surface area contributed by atoms with Crippen LogP contribution in [-0.4, -0.2) is 11.1 Å². The van der Waals surface area contributed by atoms with Crippen molar-refractivity contribution >= 4 is 23.4 Å². The SMILES string of the molecule is Cc1ccccc1Nc1ccc(/C=C/C(=O)O)cc1. The van der Waals surface area contributed by atoms with Gasteiger partial charge in [0.1, 0.15) is 0 Å². The van der Waals surface area contributed by atoms with Gasteiger partial charge in [0.2, 0.25) is 0 Å². The molecule has 2 rings (SSSR count). The first-order valence-corrected chi connectivity index (χ1v) is 5.99. The van der Waals surface area contributed by atoms with E-state index in [0.717, 1.165) is 23.0 Å². The quantitative estimate of drug-likeness (QED) is 0.814. The Balaban J connectivity index is 2.11. The van der Waals surface area contributed by atoms with Crippen LogP contribution in [0.1, 0.15) is 11.1 Å². The van der Waals surface area contributed by atoms with Crippen molar-refractivity contribution in [1.82, 2.24) is 0 Å². The van der Waals surface area contributed by atoms with Gasteiger partial charge in [-0.1, -0.05) is 30.3 Å². The molecule has 19 heavy (non-hydrogen) atoms. The Kier molecular flexibility index (Phi) is 3.98. The highest BCUT2D eigenvalue weighted by Gasteiger charge is 1.97. The molecule has 2 aromatic rings. The van der Waals surface area contributed by atoms with Gasteiger partial charge in [-0.15, -0.1) is 0 Å². The lowest BCUT2D eigenvalue weighted by Gasteiger charge is -2.09. The van der Waals surface area contributed by atoms with Crippen LogP contribution in [0, 0.1) is 6.92 Å². The molecular weight excluding hydrogens is 238 g/mol. The van der Waals surface area contributed by atoms with Crippen molar-refractivity contribution in [3.8, 4) is 0 Å². The van der Waals surface area contributed by atoms with E-state index >= 15 is 0 Å². The van der Waals surface area contributed by atoms with E-state index in [1.807, 2.05) is 55.5 Å². The Morgan fingerprint density at radius 3 is 2.42 bits per heavy atom. The standard InChI is InChI=1S/C16H15NO2/c1-12-4-2-3-5-15(12)17-14-9-6-13(7-10-14)8-11-16(18)19/h2-11,17H,1H3,(H,18,19)/b11-8+. The van der Waals surface area contributed by atoms with E-state index in [-0.39, 0.29) is 0 Å². The summed E-state index contributed by atoms with van der Waals surface area (Å²) >= 11 is 0. The Morgan fingerprint density at radius 2 is 1.79 bits per heavy atom. The summed E-state index contributed by atoms with van der Waals surface area (Å²) in [5.41, 5.74) is 4.08. The molecular formula is C16H15NO2. The van der Waals surface area contributed by atoms with Gasteiger partial charge < -0.3 is 10.4 Å². The van der Waals surface area contributed by atoms with E-state index in [1.165, 1.54) is 5.56 Å². The van der Waals surface area contributed by atoms with E-state index < -0.39 is 5.97 Å². The zero-order valence-corrected chi connectivity index (χ0v) is 10.6. The summed E-state index contributed by atoms with van der Waals surface area (Å²) in [6.07, 6.45) is 2.70. The minimum atomic E-state index is -0.942. The first-order chi connectivity index (χ1) is 9.15. The van der Waals surface area contributed by atoms with Gasteiger partial charge in [-0.25, -0.2) is 4.79 Å². The van der Waals surface area contributed by atoms with E-state index in [1.54, 1.807) is 6.08 Å². The molecule has 0 aliphatic carbocycles. The number of para-hydroxylation sites is 1. The number of aryl methyl sites for hydroxylation is 1. The van der Waals surface area contributed by atoms with E-state index in [9.17, 15) is 4.79 Å². The number of benzene rings is 2. The maximum absolute atomic E-state index is 10.4. The van der Waals surface area contributed by atoms with Crippen molar-refractivity contribution in [2.75, 3.05) is 5.32 Å². The van der Waals surface area contributed by atoms with Crippen LogP contribution in [0.3, 0.4) is 0 Å². The number of nitrogens with one attached hydrogen (secondary N) is 1. The van der Waals surface area contributed by atoms with Crippen LogP contribution in [0.15, 0.2) is 54.6 Å². The predicted octanol–water partition coefficient (Wildman–Crippen LogP) is 3.84. The molecule has 0 aliphatic rings. The number of rotatable bonds is 4. The lowest BCUT2D eigenvalue weighted by Crippen LogP contribution is -1.92. The molecule has 96 valence electrons. The van der Waals surface area contributed by atoms with Crippen molar-refractivity contribution in [3.63, 3.8) is 0 Å². The zero-order chi connectivity index (χ0) is 13.7. The number of carbonyl (C=O) groups is 1. The Morgan fingerprint density at radius 1 is 1.11 bits per heavy atom. The molecule has 3 heteroatoms. The Bertz CT molecular complexity index is 600. The minimum Gasteiger partial charge on any atom is -0.478 e. The number of aliphatic carboxylic acids is 1. The number of hydrogen-bond donors (Lipinski definition) is 2. The number of carboxylic acids is 1. The lowest BCUT2D eigenvalue weighted by molar-refractivity contribution is -0.131. The third-order valence-electron chi connectivity index (χ3n) is 2.75. The monoisotopic (exact) mass is 253 g/mol. The third kappa shape index (κ3) is 3.71. The van der Waals surface area contributed by atoms with E-state index in [0.29, 0.717) is 0 Å². The molecule has 0 spiro atoms. The first-order valence-electron chi connectivity index (χ1n) is 5.99. The largest absolute Gasteiger partial charge is 0.478 e. The van der Waals surface area contributed by atoms with Crippen LogP contribution in [-0.2, 0) is 4.79 Å². The molecule has 0 saturated heterocycles. The normalized spacial score (nSPS) is 10.6. The van der Waals surface area contributed by atoms with Crippen LogP contribution in [0.25, 0.3) is 6.08 Å². The fourth-order valence-corrected chi connectivity index (χ4v) is 1.71. The fraction of sp³-hybridized carbons (Fsp3) is 0.0625. The summed E-state index contributed by atoms with van der Waals surface area (Å²) in [5, 5.41) is 11.9. The molecule has 2 N–H and O–H groups in total.